The third-order valence-corrected chi connectivity index (χ3v) is 2.03. The molecule has 2 rings (SSSR count). The van der Waals surface area contributed by atoms with Crippen molar-refractivity contribution in [2.45, 2.75) is 13.8 Å². The first-order valence-electron chi connectivity index (χ1n) is 4.22. The number of nitrogens with one attached hydrogen (secondary N) is 1. The van der Waals surface area contributed by atoms with Gasteiger partial charge in [0.1, 0.15) is 0 Å². The van der Waals surface area contributed by atoms with Gasteiger partial charge in [0.15, 0.2) is 5.65 Å². The Hall–Kier alpha value is -1.58. The minimum absolute atomic E-state index is 0.880. The molecule has 0 atom stereocenters. The number of imidazole rings is 1. The number of fused-ring (bicyclic) bond motifs is 1. The normalized spacial score (nSPS) is 10.7. The first-order valence-corrected chi connectivity index (χ1v) is 4.22. The third kappa shape index (κ3) is 1.14. The van der Waals surface area contributed by atoms with Crippen molar-refractivity contribution >= 4 is 11.3 Å². The second-order valence-electron chi connectivity index (χ2n) is 3.08. The van der Waals surface area contributed by atoms with Crippen LogP contribution in [-0.4, -0.2) is 21.6 Å². The van der Waals surface area contributed by atoms with Crippen molar-refractivity contribution in [3.63, 3.8) is 0 Å². The van der Waals surface area contributed by atoms with Gasteiger partial charge >= 0.3 is 0 Å². The third-order valence-electron chi connectivity index (χ3n) is 2.03. The molecule has 13 heavy (non-hydrogen) atoms. The zero-order valence-corrected chi connectivity index (χ0v) is 8.00. The lowest BCUT2D eigenvalue weighted by Crippen LogP contribution is -2.00. The summed E-state index contributed by atoms with van der Waals surface area (Å²) < 4.78 is 1.85. The van der Waals surface area contributed by atoms with Gasteiger partial charge in [-0.05, 0) is 19.9 Å². The molecule has 0 bridgehead atoms. The fraction of sp³-hybridized carbons (Fsp3) is 0.333. The predicted octanol–water partition coefficient (Wildman–Crippen LogP) is 1.39. The summed E-state index contributed by atoms with van der Waals surface area (Å²) in [5.41, 5.74) is 3.93. The molecule has 2 heterocycles. The van der Waals surface area contributed by atoms with Crippen molar-refractivity contribution in [3.05, 3.63) is 23.7 Å². The van der Waals surface area contributed by atoms with Crippen LogP contribution in [0, 0.1) is 13.8 Å². The summed E-state index contributed by atoms with van der Waals surface area (Å²) >= 11 is 0. The van der Waals surface area contributed by atoms with E-state index >= 15 is 0 Å². The summed E-state index contributed by atoms with van der Waals surface area (Å²) in [7, 11) is 1.89. The summed E-state index contributed by atoms with van der Waals surface area (Å²) in [5.74, 6) is 0. The lowest BCUT2D eigenvalue weighted by molar-refractivity contribution is 0.871. The largest absolute Gasteiger partial charge is 0.385 e. The van der Waals surface area contributed by atoms with Crippen LogP contribution in [0.15, 0.2) is 12.3 Å². The molecule has 4 nitrogen and oxygen atoms in total. The lowest BCUT2D eigenvalue weighted by atomic mass is 10.3. The summed E-state index contributed by atoms with van der Waals surface area (Å²) in [6.45, 7) is 3.96. The maximum atomic E-state index is 4.36. The molecule has 0 aliphatic heterocycles. The Bertz CT molecular complexity index is 444. The smallest absolute Gasteiger partial charge is 0.177 e. The summed E-state index contributed by atoms with van der Waals surface area (Å²) in [4.78, 5) is 4.27. The van der Waals surface area contributed by atoms with Crippen molar-refractivity contribution < 1.29 is 0 Å². The molecule has 0 aliphatic carbocycles. The molecule has 0 spiro atoms. The molecule has 0 radical (unpaired) electrons. The first kappa shape index (κ1) is 8.04. The second kappa shape index (κ2) is 2.73. The molecular weight excluding hydrogens is 164 g/mol. The Kier molecular flexibility index (Phi) is 1.69. The predicted molar refractivity (Wildman–Crippen MR) is 52.0 cm³/mol. The molecule has 0 aromatic carbocycles. The van der Waals surface area contributed by atoms with Crippen LogP contribution in [-0.2, 0) is 0 Å². The van der Waals surface area contributed by atoms with Gasteiger partial charge < -0.3 is 5.32 Å². The Morgan fingerprint density at radius 2 is 2.15 bits per heavy atom. The number of aromatic nitrogens is 3. The maximum absolute atomic E-state index is 4.36. The van der Waals surface area contributed by atoms with Gasteiger partial charge in [0.05, 0.1) is 23.3 Å². The monoisotopic (exact) mass is 176 g/mol. The fourth-order valence-electron chi connectivity index (χ4n) is 1.38. The number of hydrogen-bond donors (Lipinski definition) is 1. The van der Waals surface area contributed by atoms with Crippen LogP contribution < -0.4 is 5.32 Å². The van der Waals surface area contributed by atoms with E-state index in [0.717, 1.165) is 22.7 Å². The average molecular weight is 176 g/mol. The van der Waals surface area contributed by atoms with Crippen molar-refractivity contribution in [2.75, 3.05) is 12.4 Å². The van der Waals surface area contributed by atoms with Crippen molar-refractivity contribution in [1.29, 1.82) is 0 Å². The van der Waals surface area contributed by atoms with Gasteiger partial charge in [-0.25, -0.2) is 9.50 Å². The molecule has 1 N–H and O–H groups in total. The Balaban J connectivity index is 2.84. The summed E-state index contributed by atoms with van der Waals surface area (Å²) in [5, 5.41) is 7.46. The van der Waals surface area contributed by atoms with E-state index in [4.69, 9.17) is 0 Å². The van der Waals surface area contributed by atoms with Crippen LogP contribution in [0.4, 0.5) is 5.69 Å². The van der Waals surface area contributed by atoms with Crippen LogP contribution in [0.25, 0.3) is 5.65 Å². The number of aryl methyl sites for hydroxylation is 2. The number of anilines is 1. The topological polar surface area (TPSA) is 42.2 Å². The van der Waals surface area contributed by atoms with Gasteiger partial charge in [-0.3, -0.25) is 0 Å². The quantitative estimate of drug-likeness (QED) is 0.714. The van der Waals surface area contributed by atoms with E-state index in [2.05, 4.69) is 15.4 Å². The molecule has 0 amide bonds. The SMILES string of the molecule is CNc1cc(C)nn2c(C)cnc12. The van der Waals surface area contributed by atoms with E-state index in [9.17, 15) is 0 Å². The van der Waals surface area contributed by atoms with Gasteiger partial charge in [0.25, 0.3) is 0 Å². The number of nitrogens with zero attached hydrogens (tertiary/aromatic N) is 3. The van der Waals surface area contributed by atoms with Gasteiger partial charge in [-0.2, -0.15) is 5.10 Å². The first-order chi connectivity index (χ1) is 6.22. The van der Waals surface area contributed by atoms with Crippen molar-refractivity contribution in [3.8, 4) is 0 Å². The molecule has 4 heteroatoms. The Morgan fingerprint density at radius 3 is 2.85 bits per heavy atom. The zero-order valence-electron chi connectivity index (χ0n) is 8.00. The van der Waals surface area contributed by atoms with Gasteiger partial charge in [0, 0.05) is 7.05 Å². The van der Waals surface area contributed by atoms with Crippen molar-refractivity contribution in [2.24, 2.45) is 0 Å². The average Bonchev–Trinajstić information content (AvgIpc) is 2.47. The highest BCUT2D eigenvalue weighted by atomic mass is 15.3. The van der Waals surface area contributed by atoms with Crippen LogP contribution in [0.1, 0.15) is 11.4 Å². The molecule has 0 saturated carbocycles. The second-order valence-corrected chi connectivity index (χ2v) is 3.08. The zero-order chi connectivity index (χ0) is 9.42. The van der Waals surface area contributed by atoms with Crippen LogP contribution in [0.5, 0.6) is 0 Å². The Morgan fingerprint density at radius 1 is 1.38 bits per heavy atom. The van der Waals surface area contributed by atoms with Crippen LogP contribution >= 0.6 is 0 Å². The maximum Gasteiger partial charge on any atom is 0.177 e. The van der Waals surface area contributed by atoms with E-state index in [1.807, 2.05) is 37.7 Å². The fourth-order valence-corrected chi connectivity index (χ4v) is 1.38. The number of rotatable bonds is 1. The molecule has 0 aliphatic rings. The molecule has 2 aromatic heterocycles. The molecule has 68 valence electrons. The summed E-state index contributed by atoms with van der Waals surface area (Å²) in [6, 6.07) is 1.99. The minimum atomic E-state index is 0.880. The van der Waals surface area contributed by atoms with Gasteiger partial charge in [-0.1, -0.05) is 0 Å². The molecule has 2 aromatic rings. The van der Waals surface area contributed by atoms with E-state index < -0.39 is 0 Å². The minimum Gasteiger partial charge on any atom is -0.385 e. The molecular formula is C9H12N4. The van der Waals surface area contributed by atoms with Gasteiger partial charge in [-0.15, -0.1) is 0 Å². The standard InChI is InChI=1S/C9H12N4/c1-6-4-8(10-3)9-11-5-7(2)13(9)12-6/h4-5,10H,1-3H3. The van der Waals surface area contributed by atoms with E-state index in [0.29, 0.717) is 0 Å². The van der Waals surface area contributed by atoms with E-state index in [1.54, 1.807) is 0 Å². The van der Waals surface area contributed by atoms with Gasteiger partial charge in [0.2, 0.25) is 0 Å². The highest BCUT2D eigenvalue weighted by molar-refractivity contribution is 5.67. The van der Waals surface area contributed by atoms with E-state index in [-0.39, 0.29) is 0 Å². The molecule has 0 saturated heterocycles. The van der Waals surface area contributed by atoms with Crippen LogP contribution in [0.3, 0.4) is 0 Å². The van der Waals surface area contributed by atoms with Crippen LogP contribution in [0.2, 0.25) is 0 Å². The lowest BCUT2D eigenvalue weighted by Gasteiger charge is -2.03. The van der Waals surface area contributed by atoms with E-state index in [1.165, 1.54) is 0 Å². The highest BCUT2D eigenvalue weighted by Gasteiger charge is 2.05. The Labute approximate surface area is 76.6 Å². The highest BCUT2D eigenvalue weighted by Crippen LogP contribution is 2.15. The molecule has 0 fully saturated rings. The van der Waals surface area contributed by atoms with Crippen molar-refractivity contribution in [1.82, 2.24) is 14.6 Å². The summed E-state index contributed by atoms with van der Waals surface area (Å²) in [6.07, 6.45) is 1.82. The number of hydrogen-bond acceptors (Lipinski definition) is 3. The molecule has 0 unspecified atom stereocenters.